The van der Waals surface area contributed by atoms with Crippen molar-refractivity contribution in [3.05, 3.63) is 90.0 Å². The Morgan fingerprint density at radius 1 is 1.00 bits per heavy atom. The van der Waals surface area contributed by atoms with Crippen molar-refractivity contribution in [3.63, 3.8) is 0 Å². The minimum Gasteiger partial charge on any atom is -0.340 e. The van der Waals surface area contributed by atoms with Crippen LogP contribution in [0.25, 0.3) is 33.5 Å². The van der Waals surface area contributed by atoms with Gasteiger partial charge >= 0.3 is 0 Å². The SMILES string of the molecule is O=C(NC1c2ccccc2-c2c(-c3nc4cc[nH+]cc4[nH]3)cccc21)c1ccn[nH]1. The maximum atomic E-state index is 12.7. The van der Waals surface area contributed by atoms with Gasteiger partial charge in [-0.05, 0) is 28.3 Å². The molecule has 1 atom stereocenters. The normalized spacial score (nSPS) is 14.5. The van der Waals surface area contributed by atoms with Gasteiger partial charge in [0.25, 0.3) is 5.91 Å². The number of imidazole rings is 1. The predicted molar refractivity (Wildman–Crippen MR) is 111 cm³/mol. The number of aromatic nitrogens is 5. The molecule has 6 rings (SSSR count). The van der Waals surface area contributed by atoms with Crippen LogP contribution in [-0.2, 0) is 0 Å². The minimum atomic E-state index is -0.246. The molecule has 30 heavy (non-hydrogen) atoms. The summed E-state index contributed by atoms with van der Waals surface area (Å²) in [6.07, 6.45) is 5.33. The van der Waals surface area contributed by atoms with Gasteiger partial charge in [-0.1, -0.05) is 42.5 Å². The Bertz CT molecular complexity index is 1370. The van der Waals surface area contributed by atoms with Crippen molar-refractivity contribution in [1.82, 2.24) is 25.5 Å². The lowest BCUT2D eigenvalue weighted by atomic mass is 9.99. The van der Waals surface area contributed by atoms with E-state index in [0.717, 1.165) is 44.7 Å². The highest BCUT2D eigenvalue weighted by Gasteiger charge is 2.32. The second-order valence-corrected chi connectivity index (χ2v) is 7.26. The fourth-order valence-electron chi connectivity index (χ4n) is 4.22. The monoisotopic (exact) mass is 393 g/mol. The highest BCUT2D eigenvalue weighted by atomic mass is 16.2. The van der Waals surface area contributed by atoms with Gasteiger partial charge < -0.3 is 10.3 Å². The molecule has 0 saturated carbocycles. The van der Waals surface area contributed by atoms with Crippen LogP contribution in [0.4, 0.5) is 0 Å². The van der Waals surface area contributed by atoms with E-state index in [2.05, 4.69) is 49.7 Å². The van der Waals surface area contributed by atoms with Crippen LogP contribution < -0.4 is 10.3 Å². The summed E-state index contributed by atoms with van der Waals surface area (Å²) in [6.45, 7) is 0. The lowest BCUT2D eigenvalue weighted by molar-refractivity contribution is -0.376. The van der Waals surface area contributed by atoms with Gasteiger partial charge in [-0.25, -0.2) is 9.97 Å². The molecule has 0 spiro atoms. The Morgan fingerprint density at radius 3 is 2.73 bits per heavy atom. The molecule has 0 aliphatic heterocycles. The van der Waals surface area contributed by atoms with Crippen LogP contribution in [0.3, 0.4) is 0 Å². The standard InChI is InChI=1S/C23H16N6O/c30-23(18-9-11-25-29-18)28-21-14-5-2-1-4-13(14)20-15(21)6-3-7-16(20)22-26-17-8-10-24-12-19(17)27-22/h1-12,21H,(H,25,29)(H,26,27)(H,28,30)/p+1. The zero-order chi connectivity index (χ0) is 20.1. The van der Waals surface area contributed by atoms with Crippen LogP contribution in [0.1, 0.15) is 27.7 Å². The second-order valence-electron chi connectivity index (χ2n) is 7.26. The second kappa shape index (κ2) is 6.38. The lowest BCUT2D eigenvalue weighted by Crippen LogP contribution is -2.28. The molecule has 144 valence electrons. The van der Waals surface area contributed by atoms with Crippen molar-refractivity contribution in [2.45, 2.75) is 6.04 Å². The molecule has 3 aromatic heterocycles. The molecule has 0 fully saturated rings. The number of nitrogens with zero attached hydrogens (tertiary/aromatic N) is 2. The largest absolute Gasteiger partial charge is 0.340 e. The van der Waals surface area contributed by atoms with E-state index in [1.807, 2.05) is 36.7 Å². The third kappa shape index (κ3) is 2.45. The zero-order valence-electron chi connectivity index (χ0n) is 15.8. The molecule has 7 heteroatoms. The Balaban J connectivity index is 1.51. The molecule has 1 aliphatic carbocycles. The number of hydrogen-bond acceptors (Lipinski definition) is 3. The topological polar surface area (TPSA) is 101 Å². The van der Waals surface area contributed by atoms with Crippen LogP contribution in [0.2, 0.25) is 0 Å². The van der Waals surface area contributed by atoms with Gasteiger partial charge in [0.05, 0.1) is 6.04 Å². The fraction of sp³-hybridized carbons (Fsp3) is 0.0435. The number of hydrogen-bond donors (Lipinski definition) is 3. The number of carbonyl (C=O) groups excluding carboxylic acids is 1. The molecule has 2 aromatic carbocycles. The number of fused-ring (bicyclic) bond motifs is 4. The van der Waals surface area contributed by atoms with Gasteiger partial charge in [0.2, 0.25) is 0 Å². The van der Waals surface area contributed by atoms with Crippen molar-refractivity contribution < 1.29 is 9.78 Å². The molecule has 4 N–H and O–H groups in total. The molecule has 5 aromatic rings. The highest BCUT2D eigenvalue weighted by molar-refractivity contribution is 5.96. The van der Waals surface area contributed by atoms with E-state index in [4.69, 9.17) is 4.98 Å². The maximum absolute atomic E-state index is 12.7. The number of aromatic amines is 3. The number of carbonyl (C=O) groups is 1. The Morgan fingerprint density at radius 2 is 1.87 bits per heavy atom. The van der Waals surface area contributed by atoms with E-state index in [1.54, 1.807) is 12.3 Å². The molecule has 1 aliphatic rings. The average Bonchev–Trinajstić information content (AvgIpc) is 3.52. The minimum absolute atomic E-state index is 0.190. The van der Waals surface area contributed by atoms with E-state index in [1.165, 1.54) is 0 Å². The molecule has 0 bridgehead atoms. The number of nitrogens with one attached hydrogen (secondary N) is 4. The third-order valence-corrected chi connectivity index (χ3v) is 5.55. The highest BCUT2D eigenvalue weighted by Crippen LogP contribution is 2.47. The first-order chi connectivity index (χ1) is 14.8. The molecule has 1 amide bonds. The summed E-state index contributed by atoms with van der Waals surface area (Å²) in [6, 6.07) is 17.7. The molecule has 3 heterocycles. The van der Waals surface area contributed by atoms with Gasteiger partial charge in [0.1, 0.15) is 22.6 Å². The van der Waals surface area contributed by atoms with Crippen LogP contribution in [0.5, 0.6) is 0 Å². The first-order valence-corrected chi connectivity index (χ1v) is 9.68. The van der Waals surface area contributed by atoms with Crippen LogP contribution in [0.15, 0.2) is 73.2 Å². The summed E-state index contributed by atoms with van der Waals surface area (Å²) in [5.74, 6) is 0.613. The molecule has 0 saturated heterocycles. The van der Waals surface area contributed by atoms with Crippen LogP contribution in [0, 0.1) is 0 Å². The lowest BCUT2D eigenvalue weighted by Gasteiger charge is -2.15. The number of pyridine rings is 1. The molecular weight excluding hydrogens is 376 g/mol. The number of H-pyrrole nitrogens is 3. The smallest absolute Gasteiger partial charge is 0.270 e. The van der Waals surface area contributed by atoms with Crippen molar-refractivity contribution in [2.75, 3.05) is 0 Å². The van der Waals surface area contributed by atoms with E-state index >= 15 is 0 Å². The van der Waals surface area contributed by atoms with Gasteiger partial charge in [0, 0.05) is 17.8 Å². The van der Waals surface area contributed by atoms with E-state index < -0.39 is 0 Å². The van der Waals surface area contributed by atoms with E-state index in [-0.39, 0.29) is 11.9 Å². The first kappa shape index (κ1) is 16.7. The Labute approximate surface area is 171 Å². The number of benzene rings is 2. The van der Waals surface area contributed by atoms with Crippen LogP contribution in [-0.4, -0.2) is 26.1 Å². The van der Waals surface area contributed by atoms with Crippen molar-refractivity contribution in [2.24, 2.45) is 0 Å². The first-order valence-electron chi connectivity index (χ1n) is 9.68. The molecule has 1 unspecified atom stereocenters. The van der Waals surface area contributed by atoms with Gasteiger partial charge in [0.15, 0.2) is 12.4 Å². The summed E-state index contributed by atoms with van der Waals surface area (Å²) in [7, 11) is 0. The van der Waals surface area contributed by atoms with Gasteiger partial charge in [-0.15, -0.1) is 0 Å². The fourth-order valence-corrected chi connectivity index (χ4v) is 4.22. The Hall–Kier alpha value is -4.26. The quantitative estimate of drug-likeness (QED) is 0.438. The van der Waals surface area contributed by atoms with Crippen molar-refractivity contribution in [3.8, 4) is 22.5 Å². The van der Waals surface area contributed by atoms with E-state index in [0.29, 0.717) is 5.69 Å². The summed E-state index contributed by atoms with van der Waals surface area (Å²) < 4.78 is 0. The average molecular weight is 393 g/mol. The Kier molecular flexibility index (Phi) is 3.55. The number of rotatable bonds is 3. The van der Waals surface area contributed by atoms with E-state index in [9.17, 15) is 4.79 Å². The van der Waals surface area contributed by atoms with Crippen molar-refractivity contribution in [1.29, 1.82) is 0 Å². The zero-order valence-corrected chi connectivity index (χ0v) is 15.8. The number of amides is 1. The molecule has 7 nitrogen and oxygen atoms in total. The summed E-state index contributed by atoms with van der Waals surface area (Å²) in [5.41, 5.74) is 7.60. The van der Waals surface area contributed by atoms with Gasteiger partial charge in [-0.3, -0.25) is 9.89 Å². The predicted octanol–water partition coefficient (Wildman–Crippen LogP) is 3.27. The van der Waals surface area contributed by atoms with Crippen LogP contribution >= 0.6 is 0 Å². The van der Waals surface area contributed by atoms with Crippen molar-refractivity contribution >= 4 is 16.9 Å². The summed E-state index contributed by atoms with van der Waals surface area (Å²) in [5, 5.41) is 9.76. The maximum Gasteiger partial charge on any atom is 0.270 e. The molecular formula is C23H17N6O+. The third-order valence-electron chi connectivity index (χ3n) is 5.55. The molecule has 0 radical (unpaired) electrons. The van der Waals surface area contributed by atoms with Gasteiger partial charge in [-0.2, -0.15) is 5.10 Å². The summed E-state index contributed by atoms with van der Waals surface area (Å²) >= 11 is 0. The summed E-state index contributed by atoms with van der Waals surface area (Å²) in [4.78, 5) is 24.0.